The van der Waals surface area contributed by atoms with E-state index in [1.807, 2.05) is 24.3 Å². The lowest BCUT2D eigenvalue weighted by Crippen LogP contribution is -3.00. The molecule has 1 heterocycles. The molecule has 1 aromatic heterocycles. The van der Waals surface area contributed by atoms with Crippen molar-refractivity contribution in [1.29, 1.82) is 0 Å². The molecular weight excluding hydrogens is 453 g/mol. The second-order valence-corrected chi connectivity index (χ2v) is 5.99. The van der Waals surface area contributed by atoms with E-state index in [0.29, 0.717) is 6.61 Å². The molecule has 0 saturated heterocycles. The van der Waals surface area contributed by atoms with Crippen LogP contribution in [0, 0.1) is 0 Å². The number of hydrogen-bond donors (Lipinski definition) is 0. The first-order valence-electron chi connectivity index (χ1n) is 8.55. The molecule has 0 aliphatic carbocycles. The number of nitrogens with zero attached hydrogens (tertiary/aromatic N) is 1. The maximum Gasteiger partial charge on any atom is 0.212 e. The van der Waals surface area contributed by atoms with Crippen molar-refractivity contribution in [3.63, 3.8) is 0 Å². The Morgan fingerprint density at radius 3 is 2.30 bits per heavy atom. The molecule has 0 atom stereocenters. The van der Waals surface area contributed by atoms with Crippen LogP contribution >= 0.6 is 0 Å². The second kappa shape index (κ2) is 10.4. The smallest absolute Gasteiger partial charge is 0.212 e. The van der Waals surface area contributed by atoms with Crippen molar-refractivity contribution in [1.82, 2.24) is 0 Å². The molecular formula is C22H24INO3. The lowest BCUT2D eigenvalue weighted by molar-refractivity contribution is -0.646. The maximum absolute atomic E-state index is 5.66. The highest BCUT2D eigenvalue weighted by Crippen LogP contribution is 2.16. The Morgan fingerprint density at radius 1 is 0.889 bits per heavy atom. The molecule has 2 aromatic carbocycles. The van der Waals surface area contributed by atoms with Gasteiger partial charge >= 0.3 is 0 Å². The molecule has 0 fully saturated rings. The number of pyridine rings is 1. The molecule has 0 N–H and O–H groups in total. The van der Waals surface area contributed by atoms with Crippen molar-refractivity contribution >= 4 is 23.1 Å². The molecule has 0 aliphatic heterocycles. The summed E-state index contributed by atoms with van der Waals surface area (Å²) in [6.45, 7) is 0.356. The van der Waals surface area contributed by atoms with Crippen molar-refractivity contribution in [2.75, 3.05) is 20.8 Å². The van der Waals surface area contributed by atoms with E-state index in [-0.39, 0.29) is 30.3 Å². The lowest BCUT2D eigenvalue weighted by Gasteiger charge is -2.14. The predicted octanol–water partition coefficient (Wildman–Crippen LogP) is 0.836. The Bertz CT molecular complexity index is 890. The van der Waals surface area contributed by atoms with Gasteiger partial charge in [0, 0.05) is 37.8 Å². The molecule has 0 amide bonds. The van der Waals surface area contributed by atoms with Gasteiger partial charge in [0.05, 0.1) is 0 Å². The molecule has 0 spiro atoms. The molecule has 0 aliphatic rings. The molecule has 0 bridgehead atoms. The Morgan fingerprint density at radius 2 is 1.59 bits per heavy atom. The summed E-state index contributed by atoms with van der Waals surface area (Å²) in [6.07, 6.45) is 3.86. The Labute approximate surface area is 177 Å². The van der Waals surface area contributed by atoms with Crippen molar-refractivity contribution < 1.29 is 42.8 Å². The number of rotatable bonds is 7. The zero-order valence-corrected chi connectivity index (χ0v) is 17.9. The lowest BCUT2D eigenvalue weighted by atomic mass is 10.1. The van der Waals surface area contributed by atoms with E-state index in [2.05, 4.69) is 60.2 Å². The van der Waals surface area contributed by atoms with Crippen LogP contribution < -0.4 is 33.3 Å². The number of aryl methyl sites for hydroxylation is 1. The van der Waals surface area contributed by atoms with Gasteiger partial charge in [0.2, 0.25) is 11.2 Å². The molecule has 4 nitrogen and oxygen atoms in total. The van der Waals surface area contributed by atoms with Crippen LogP contribution in [0.3, 0.4) is 0 Å². The van der Waals surface area contributed by atoms with Gasteiger partial charge < -0.3 is 38.2 Å². The highest BCUT2D eigenvalue weighted by Gasteiger charge is 2.08. The van der Waals surface area contributed by atoms with E-state index in [1.165, 1.54) is 10.9 Å². The van der Waals surface area contributed by atoms with Gasteiger partial charge in [-0.15, -0.1) is 0 Å². The fourth-order valence-corrected chi connectivity index (χ4v) is 2.78. The van der Waals surface area contributed by atoms with Crippen LogP contribution in [0.4, 0.5) is 0 Å². The van der Waals surface area contributed by atoms with E-state index >= 15 is 0 Å². The van der Waals surface area contributed by atoms with Gasteiger partial charge in [0.25, 0.3) is 0 Å². The minimum Gasteiger partial charge on any atom is -1.00 e. The highest BCUT2D eigenvalue weighted by atomic mass is 127. The number of benzene rings is 2. The van der Waals surface area contributed by atoms with E-state index < -0.39 is 0 Å². The standard InChI is InChI=1S/C22H24NO3.HI/c1-23-19(13-11-18-6-4-5-7-21(18)23)12-8-17-9-14-20(15-10-17)26-16-22(24-2)25-3;/h4-15,22H,16H2,1-3H3;1H/q+1;/p-1/b12-8+;. The summed E-state index contributed by atoms with van der Waals surface area (Å²) in [7, 11) is 5.28. The number of methoxy groups -OCH3 is 2. The minimum absolute atomic E-state index is 0. The summed E-state index contributed by atoms with van der Waals surface area (Å²) in [5, 5.41) is 1.24. The Hall–Kier alpha value is -1.96. The first-order chi connectivity index (χ1) is 12.7. The third kappa shape index (κ3) is 5.51. The minimum atomic E-state index is -0.359. The van der Waals surface area contributed by atoms with E-state index in [0.717, 1.165) is 17.0 Å². The van der Waals surface area contributed by atoms with E-state index in [9.17, 15) is 0 Å². The van der Waals surface area contributed by atoms with Gasteiger partial charge in [-0.2, -0.15) is 4.57 Å². The summed E-state index contributed by atoms with van der Waals surface area (Å²) in [4.78, 5) is 0. The summed E-state index contributed by atoms with van der Waals surface area (Å²) >= 11 is 0. The van der Waals surface area contributed by atoms with Gasteiger partial charge in [0.1, 0.15) is 19.4 Å². The zero-order chi connectivity index (χ0) is 18.4. The molecule has 3 rings (SSSR count). The van der Waals surface area contributed by atoms with Crippen LogP contribution in [0.2, 0.25) is 0 Å². The molecule has 5 heteroatoms. The van der Waals surface area contributed by atoms with Crippen molar-refractivity contribution in [3.05, 3.63) is 71.9 Å². The number of aromatic nitrogens is 1. The monoisotopic (exact) mass is 477 g/mol. The topological polar surface area (TPSA) is 31.6 Å². The molecule has 142 valence electrons. The molecule has 3 aromatic rings. The summed E-state index contributed by atoms with van der Waals surface area (Å²) in [5.41, 5.74) is 3.47. The van der Waals surface area contributed by atoms with Gasteiger partial charge in [-0.05, 0) is 35.9 Å². The highest BCUT2D eigenvalue weighted by molar-refractivity contribution is 5.77. The number of hydrogen-bond acceptors (Lipinski definition) is 3. The summed E-state index contributed by atoms with van der Waals surface area (Å²) in [6, 6.07) is 20.6. The van der Waals surface area contributed by atoms with Gasteiger partial charge in [-0.25, -0.2) is 0 Å². The average molecular weight is 477 g/mol. The maximum atomic E-state index is 5.66. The van der Waals surface area contributed by atoms with Crippen molar-refractivity contribution in [2.24, 2.45) is 7.05 Å². The molecule has 0 saturated carbocycles. The summed E-state index contributed by atoms with van der Waals surface area (Å²) < 4.78 is 18.1. The zero-order valence-electron chi connectivity index (χ0n) is 15.8. The van der Waals surface area contributed by atoms with Crippen LogP contribution in [-0.2, 0) is 16.5 Å². The summed E-state index contributed by atoms with van der Waals surface area (Å²) in [5.74, 6) is 0.789. The van der Waals surface area contributed by atoms with Crippen LogP contribution in [0.25, 0.3) is 23.1 Å². The fraction of sp³-hybridized carbons (Fsp3) is 0.227. The first-order valence-corrected chi connectivity index (χ1v) is 8.55. The first kappa shape index (κ1) is 21.3. The number of para-hydroxylation sites is 1. The van der Waals surface area contributed by atoms with E-state index in [1.54, 1.807) is 14.2 Å². The number of halogens is 1. The second-order valence-electron chi connectivity index (χ2n) is 5.99. The number of ether oxygens (including phenoxy) is 3. The third-order valence-electron chi connectivity index (χ3n) is 4.36. The molecule has 0 unspecified atom stereocenters. The largest absolute Gasteiger partial charge is 1.00 e. The van der Waals surface area contributed by atoms with Crippen LogP contribution in [0.5, 0.6) is 5.75 Å². The fourth-order valence-electron chi connectivity index (χ4n) is 2.78. The third-order valence-corrected chi connectivity index (χ3v) is 4.36. The van der Waals surface area contributed by atoms with Crippen molar-refractivity contribution in [3.8, 4) is 5.75 Å². The average Bonchev–Trinajstić information content (AvgIpc) is 2.69. The SMILES string of the molecule is COC(COc1ccc(/C=C/c2ccc3ccccc3[n+]2C)cc1)OC.[I-]. The quantitative estimate of drug-likeness (QED) is 0.287. The molecule has 27 heavy (non-hydrogen) atoms. The Kier molecular flexibility index (Phi) is 8.22. The van der Waals surface area contributed by atoms with Gasteiger partial charge in [-0.1, -0.05) is 24.3 Å². The van der Waals surface area contributed by atoms with Crippen LogP contribution in [-0.4, -0.2) is 27.1 Å². The number of fused-ring (bicyclic) bond motifs is 1. The van der Waals surface area contributed by atoms with Crippen LogP contribution in [0.1, 0.15) is 11.3 Å². The van der Waals surface area contributed by atoms with Gasteiger partial charge in [-0.3, -0.25) is 0 Å². The van der Waals surface area contributed by atoms with Gasteiger partial charge in [0.15, 0.2) is 6.29 Å². The molecule has 0 radical (unpaired) electrons. The van der Waals surface area contributed by atoms with E-state index in [4.69, 9.17) is 14.2 Å². The Balaban J connectivity index is 0.00000261. The van der Waals surface area contributed by atoms with Crippen LogP contribution in [0.15, 0.2) is 60.7 Å². The predicted molar refractivity (Wildman–Crippen MR) is 104 cm³/mol. The normalized spacial score (nSPS) is 11.1. The van der Waals surface area contributed by atoms with Crippen molar-refractivity contribution in [2.45, 2.75) is 6.29 Å².